The monoisotopic (exact) mass is 251 g/mol. The highest BCUT2D eigenvalue weighted by atomic mass is 16.5. The molecule has 18 heavy (non-hydrogen) atoms. The van der Waals surface area contributed by atoms with Crippen molar-refractivity contribution >= 4 is 0 Å². The largest absolute Gasteiger partial charge is 0.504 e. The molecule has 100 valence electrons. The van der Waals surface area contributed by atoms with Gasteiger partial charge in [0.1, 0.15) is 0 Å². The molecule has 1 aromatic carbocycles. The third-order valence-corrected chi connectivity index (χ3v) is 3.73. The normalized spacial score (nSPS) is 19.1. The zero-order valence-electron chi connectivity index (χ0n) is 10.9. The smallest absolute Gasteiger partial charge is 0.160 e. The number of hydrogen-bond acceptors (Lipinski definition) is 4. The van der Waals surface area contributed by atoms with E-state index in [0.29, 0.717) is 12.3 Å². The summed E-state index contributed by atoms with van der Waals surface area (Å²) in [5.74, 6) is 0.620. The molecule has 0 radical (unpaired) electrons. The van der Waals surface area contributed by atoms with Gasteiger partial charge in [0.25, 0.3) is 0 Å². The van der Waals surface area contributed by atoms with E-state index in [2.05, 4.69) is 5.32 Å². The first-order chi connectivity index (χ1) is 8.54. The van der Waals surface area contributed by atoms with Crippen molar-refractivity contribution in [3.8, 4) is 11.5 Å². The number of nitrogens with one attached hydrogen (secondary N) is 1. The first-order valence-corrected chi connectivity index (χ1v) is 6.37. The molecule has 1 aromatic rings. The second-order valence-electron chi connectivity index (χ2n) is 5.11. The lowest BCUT2D eigenvalue weighted by atomic mass is 9.80. The van der Waals surface area contributed by atoms with Gasteiger partial charge in [0.2, 0.25) is 0 Å². The number of aliphatic hydroxyl groups is 1. The minimum absolute atomic E-state index is 0.115. The molecule has 0 bridgehead atoms. The van der Waals surface area contributed by atoms with Gasteiger partial charge in [-0.25, -0.2) is 0 Å². The minimum Gasteiger partial charge on any atom is -0.504 e. The van der Waals surface area contributed by atoms with Gasteiger partial charge in [-0.2, -0.15) is 0 Å². The second kappa shape index (κ2) is 5.16. The standard InChI is InChI=1S/C14H21NO3/c1-10(15-9-14(17)6-3-7-14)11-4-5-12(16)13(8-11)18-2/h4-5,8,10,15-17H,3,6-7,9H2,1-2H3. The summed E-state index contributed by atoms with van der Waals surface area (Å²) >= 11 is 0. The van der Waals surface area contributed by atoms with Crippen molar-refractivity contribution < 1.29 is 14.9 Å². The number of benzene rings is 1. The summed E-state index contributed by atoms with van der Waals surface area (Å²) in [7, 11) is 1.54. The third kappa shape index (κ3) is 2.76. The van der Waals surface area contributed by atoms with Crippen molar-refractivity contribution in [2.45, 2.75) is 37.8 Å². The molecule has 0 amide bonds. The molecule has 1 unspecified atom stereocenters. The van der Waals surface area contributed by atoms with Gasteiger partial charge >= 0.3 is 0 Å². The highest BCUT2D eigenvalue weighted by molar-refractivity contribution is 5.42. The first-order valence-electron chi connectivity index (χ1n) is 6.37. The predicted octanol–water partition coefficient (Wildman–Crippen LogP) is 1.97. The highest BCUT2D eigenvalue weighted by Gasteiger charge is 2.34. The molecular formula is C14H21NO3. The maximum Gasteiger partial charge on any atom is 0.160 e. The lowest BCUT2D eigenvalue weighted by molar-refractivity contribution is -0.0329. The van der Waals surface area contributed by atoms with E-state index in [-0.39, 0.29) is 11.8 Å². The fourth-order valence-electron chi connectivity index (χ4n) is 2.19. The Hall–Kier alpha value is -1.26. The van der Waals surface area contributed by atoms with E-state index in [0.717, 1.165) is 24.8 Å². The Balaban J connectivity index is 1.97. The van der Waals surface area contributed by atoms with Crippen molar-refractivity contribution in [3.05, 3.63) is 23.8 Å². The molecule has 1 atom stereocenters. The quantitative estimate of drug-likeness (QED) is 0.748. The van der Waals surface area contributed by atoms with E-state index in [4.69, 9.17) is 4.74 Å². The van der Waals surface area contributed by atoms with E-state index in [1.165, 1.54) is 7.11 Å². The summed E-state index contributed by atoms with van der Waals surface area (Å²) < 4.78 is 5.09. The Labute approximate surface area is 108 Å². The fraction of sp³-hybridized carbons (Fsp3) is 0.571. The second-order valence-corrected chi connectivity index (χ2v) is 5.11. The van der Waals surface area contributed by atoms with Crippen molar-refractivity contribution in [3.63, 3.8) is 0 Å². The molecule has 0 saturated heterocycles. The molecule has 3 N–H and O–H groups in total. The molecule has 0 aromatic heterocycles. The van der Waals surface area contributed by atoms with Crippen LogP contribution in [0.15, 0.2) is 18.2 Å². The first kappa shape index (κ1) is 13.2. The molecule has 1 fully saturated rings. The lowest BCUT2D eigenvalue weighted by Gasteiger charge is -2.37. The van der Waals surface area contributed by atoms with Gasteiger partial charge in [-0.15, -0.1) is 0 Å². The van der Waals surface area contributed by atoms with Crippen LogP contribution >= 0.6 is 0 Å². The molecule has 0 aliphatic heterocycles. The molecule has 4 heteroatoms. The number of phenols is 1. The van der Waals surface area contributed by atoms with Gasteiger partial charge in [-0.3, -0.25) is 0 Å². The van der Waals surface area contributed by atoms with Crippen molar-refractivity contribution in [2.24, 2.45) is 0 Å². The average Bonchev–Trinajstić information content (AvgIpc) is 2.34. The number of methoxy groups -OCH3 is 1. The van der Waals surface area contributed by atoms with Crippen molar-refractivity contribution in [1.82, 2.24) is 5.32 Å². The SMILES string of the molecule is COc1cc(C(C)NCC2(O)CCC2)ccc1O. The van der Waals surface area contributed by atoms with Crippen LogP contribution in [0.2, 0.25) is 0 Å². The Morgan fingerprint density at radius 3 is 2.72 bits per heavy atom. The van der Waals surface area contributed by atoms with Gasteiger partial charge in [0.05, 0.1) is 12.7 Å². The Morgan fingerprint density at radius 1 is 1.44 bits per heavy atom. The molecule has 1 aliphatic rings. The minimum atomic E-state index is -0.519. The summed E-state index contributed by atoms with van der Waals surface area (Å²) in [5, 5.41) is 22.9. The maximum absolute atomic E-state index is 10.0. The molecule has 0 heterocycles. The Kier molecular flexibility index (Phi) is 3.78. The van der Waals surface area contributed by atoms with Gasteiger partial charge in [0.15, 0.2) is 11.5 Å². The number of aromatic hydroxyl groups is 1. The summed E-state index contributed by atoms with van der Waals surface area (Å²) in [6, 6.07) is 5.42. The van der Waals surface area contributed by atoms with Crippen molar-refractivity contribution in [1.29, 1.82) is 0 Å². The summed E-state index contributed by atoms with van der Waals surface area (Å²) in [6.45, 7) is 2.64. The van der Waals surface area contributed by atoms with Crippen molar-refractivity contribution in [2.75, 3.05) is 13.7 Å². The molecule has 2 rings (SSSR count). The van der Waals surface area contributed by atoms with E-state index in [1.807, 2.05) is 19.1 Å². The molecule has 0 spiro atoms. The summed E-state index contributed by atoms with van der Waals surface area (Å²) in [5.41, 5.74) is 0.516. The van der Waals surface area contributed by atoms with E-state index in [1.54, 1.807) is 6.07 Å². The van der Waals surface area contributed by atoms with E-state index < -0.39 is 5.60 Å². The van der Waals surface area contributed by atoms with Crippen LogP contribution in [-0.4, -0.2) is 29.5 Å². The molecule has 1 saturated carbocycles. The van der Waals surface area contributed by atoms with Crippen LogP contribution in [0.3, 0.4) is 0 Å². The van der Waals surface area contributed by atoms with Crippen LogP contribution in [-0.2, 0) is 0 Å². The Morgan fingerprint density at radius 2 is 2.17 bits per heavy atom. The number of hydrogen-bond donors (Lipinski definition) is 3. The number of phenolic OH excluding ortho intramolecular Hbond substituents is 1. The molecular weight excluding hydrogens is 230 g/mol. The number of rotatable bonds is 5. The van der Waals surface area contributed by atoms with Crippen LogP contribution in [0, 0.1) is 0 Å². The molecule has 4 nitrogen and oxygen atoms in total. The van der Waals surface area contributed by atoms with Crippen LogP contribution in [0.1, 0.15) is 37.8 Å². The van der Waals surface area contributed by atoms with E-state index in [9.17, 15) is 10.2 Å². The Bertz CT molecular complexity index is 416. The van der Waals surface area contributed by atoms with Gasteiger partial charge in [-0.05, 0) is 43.9 Å². The van der Waals surface area contributed by atoms with Crippen LogP contribution in [0.5, 0.6) is 11.5 Å². The maximum atomic E-state index is 10.0. The lowest BCUT2D eigenvalue weighted by Crippen LogP contribution is -2.46. The summed E-state index contributed by atoms with van der Waals surface area (Å²) in [6.07, 6.45) is 2.87. The van der Waals surface area contributed by atoms with Crippen LogP contribution in [0.4, 0.5) is 0 Å². The average molecular weight is 251 g/mol. The third-order valence-electron chi connectivity index (χ3n) is 3.73. The fourth-order valence-corrected chi connectivity index (χ4v) is 2.19. The zero-order chi connectivity index (χ0) is 13.2. The predicted molar refractivity (Wildman–Crippen MR) is 69.9 cm³/mol. The van der Waals surface area contributed by atoms with E-state index >= 15 is 0 Å². The van der Waals surface area contributed by atoms with Crippen LogP contribution in [0.25, 0.3) is 0 Å². The zero-order valence-corrected chi connectivity index (χ0v) is 10.9. The molecule has 1 aliphatic carbocycles. The topological polar surface area (TPSA) is 61.7 Å². The highest BCUT2D eigenvalue weighted by Crippen LogP contribution is 2.32. The summed E-state index contributed by atoms with van der Waals surface area (Å²) in [4.78, 5) is 0. The van der Waals surface area contributed by atoms with Gasteiger partial charge < -0.3 is 20.3 Å². The van der Waals surface area contributed by atoms with Gasteiger partial charge in [-0.1, -0.05) is 6.07 Å². The number of ether oxygens (including phenoxy) is 1. The van der Waals surface area contributed by atoms with Crippen LogP contribution < -0.4 is 10.1 Å². The van der Waals surface area contributed by atoms with Gasteiger partial charge in [0, 0.05) is 12.6 Å².